The molecule has 0 radical (unpaired) electrons. The minimum absolute atomic E-state index is 0.122. The van der Waals surface area contributed by atoms with Gasteiger partial charge in [-0.05, 0) is 38.1 Å². The molecule has 2 aliphatic heterocycles. The lowest BCUT2D eigenvalue weighted by Gasteiger charge is -2.39. The lowest BCUT2D eigenvalue weighted by Crippen LogP contribution is -2.55. The van der Waals surface area contributed by atoms with Crippen LogP contribution in [0.1, 0.15) is 52.9 Å². The number of hydrogen-bond donors (Lipinski definition) is 1. The summed E-state index contributed by atoms with van der Waals surface area (Å²) in [6.45, 7) is 9.36. The van der Waals surface area contributed by atoms with E-state index in [-0.39, 0.29) is 12.1 Å². The van der Waals surface area contributed by atoms with Gasteiger partial charge < -0.3 is 5.32 Å². The van der Waals surface area contributed by atoms with E-state index in [9.17, 15) is 8.42 Å². The molecule has 1 N–H and O–H groups in total. The van der Waals surface area contributed by atoms with Crippen molar-refractivity contribution in [3.8, 4) is 0 Å². The molecular weight excluding hydrogens is 286 g/mol. The Morgan fingerprint density at radius 2 is 1.81 bits per heavy atom. The van der Waals surface area contributed by atoms with Crippen molar-refractivity contribution < 1.29 is 8.42 Å². The van der Waals surface area contributed by atoms with Crippen molar-refractivity contribution in [2.45, 2.75) is 65.0 Å². The summed E-state index contributed by atoms with van der Waals surface area (Å²) in [6.07, 6.45) is 5.10. The van der Waals surface area contributed by atoms with Gasteiger partial charge >= 0.3 is 0 Å². The topological polar surface area (TPSA) is 52.7 Å². The van der Waals surface area contributed by atoms with Gasteiger partial charge in [0.15, 0.2) is 0 Å². The van der Waals surface area contributed by atoms with Gasteiger partial charge in [-0.2, -0.15) is 17.0 Å². The van der Waals surface area contributed by atoms with E-state index in [0.29, 0.717) is 19.0 Å². The van der Waals surface area contributed by atoms with Crippen LogP contribution in [-0.2, 0) is 10.2 Å². The van der Waals surface area contributed by atoms with Crippen LogP contribution in [0.25, 0.3) is 0 Å². The van der Waals surface area contributed by atoms with Gasteiger partial charge in [0.25, 0.3) is 10.2 Å². The van der Waals surface area contributed by atoms with E-state index in [2.05, 4.69) is 26.1 Å². The quantitative estimate of drug-likeness (QED) is 0.813. The average Bonchev–Trinajstić information content (AvgIpc) is 2.96. The zero-order valence-corrected chi connectivity index (χ0v) is 14.5. The molecule has 2 fully saturated rings. The summed E-state index contributed by atoms with van der Waals surface area (Å²) in [5.41, 5.74) is 0. The molecule has 2 atom stereocenters. The zero-order valence-electron chi connectivity index (χ0n) is 13.7. The highest BCUT2D eigenvalue weighted by molar-refractivity contribution is 7.86. The normalized spacial score (nSPS) is 29.3. The number of hydrogen-bond acceptors (Lipinski definition) is 3. The number of rotatable bonds is 6. The summed E-state index contributed by atoms with van der Waals surface area (Å²) in [7, 11) is -3.31. The Labute approximate surface area is 130 Å². The lowest BCUT2D eigenvalue weighted by atomic mass is 10.0. The van der Waals surface area contributed by atoms with Gasteiger partial charge in [0.1, 0.15) is 0 Å². The third-order valence-corrected chi connectivity index (χ3v) is 6.93. The monoisotopic (exact) mass is 317 g/mol. The second-order valence-electron chi connectivity index (χ2n) is 6.64. The van der Waals surface area contributed by atoms with Crippen molar-refractivity contribution in [1.82, 2.24) is 13.9 Å². The lowest BCUT2D eigenvalue weighted by molar-refractivity contribution is 0.215. The summed E-state index contributed by atoms with van der Waals surface area (Å²) in [5, 5.41) is 3.32. The zero-order chi connectivity index (χ0) is 15.5. The summed E-state index contributed by atoms with van der Waals surface area (Å²) in [6, 6.07) is 0.300. The van der Waals surface area contributed by atoms with Gasteiger partial charge in [0, 0.05) is 31.7 Å². The Morgan fingerprint density at radius 1 is 1.10 bits per heavy atom. The molecule has 2 aliphatic rings. The highest BCUT2D eigenvalue weighted by atomic mass is 32.2. The first-order valence-corrected chi connectivity index (χ1v) is 9.87. The van der Waals surface area contributed by atoms with E-state index >= 15 is 0 Å². The van der Waals surface area contributed by atoms with Crippen molar-refractivity contribution >= 4 is 10.2 Å². The van der Waals surface area contributed by atoms with Crippen molar-refractivity contribution in [2.24, 2.45) is 5.92 Å². The summed E-state index contributed by atoms with van der Waals surface area (Å²) < 4.78 is 29.8. The molecule has 5 nitrogen and oxygen atoms in total. The molecule has 0 aromatic heterocycles. The minimum Gasteiger partial charge on any atom is -0.315 e. The van der Waals surface area contributed by atoms with Crippen molar-refractivity contribution in [1.29, 1.82) is 0 Å². The Hall–Kier alpha value is -0.170. The predicted molar refractivity (Wildman–Crippen MR) is 86.4 cm³/mol. The molecule has 124 valence electrons. The van der Waals surface area contributed by atoms with E-state index in [4.69, 9.17) is 0 Å². The van der Waals surface area contributed by atoms with Gasteiger partial charge in [0.2, 0.25) is 0 Å². The Bertz CT molecular complexity index is 425. The van der Waals surface area contributed by atoms with Gasteiger partial charge in [-0.3, -0.25) is 0 Å². The molecule has 0 spiro atoms. The molecule has 0 aromatic carbocycles. The van der Waals surface area contributed by atoms with E-state index in [1.54, 1.807) is 8.61 Å². The SMILES string of the molecule is CCNCC1CCCCN1S(=O)(=O)N1CCCC1C(C)C. The van der Waals surface area contributed by atoms with Crippen LogP contribution in [0, 0.1) is 5.92 Å². The van der Waals surface area contributed by atoms with Crippen molar-refractivity contribution in [3.63, 3.8) is 0 Å². The molecule has 2 unspecified atom stereocenters. The van der Waals surface area contributed by atoms with Gasteiger partial charge in [-0.25, -0.2) is 0 Å². The molecule has 2 heterocycles. The smallest absolute Gasteiger partial charge is 0.282 e. The van der Waals surface area contributed by atoms with Crippen LogP contribution in [0.2, 0.25) is 0 Å². The highest BCUT2D eigenvalue weighted by Gasteiger charge is 2.42. The Morgan fingerprint density at radius 3 is 2.48 bits per heavy atom. The number of piperidine rings is 1. The van der Waals surface area contributed by atoms with Crippen LogP contribution in [0.5, 0.6) is 0 Å². The van der Waals surface area contributed by atoms with E-state index < -0.39 is 10.2 Å². The van der Waals surface area contributed by atoms with Gasteiger partial charge in [-0.15, -0.1) is 0 Å². The molecule has 6 heteroatoms. The minimum atomic E-state index is -3.31. The standard InChI is InChI=1S/C15H31N3O2S/c1-4-16-12-14-8-5-6-10-17(14)21(19,20)18-11-7-9-15(18)13(2)3/h13-16H,4-12H2,1-3H3. The molecule has 0 aromatic rings. The van der Waals surface area contributed by atoms with Crippen LogP contribution < -0.4 is 5.32 Å². The molecular formula is C15H31N3O2S. The van der Waals surface area contributed by atoms with E-state index in [1.165, 1.54) is 0 Å². The second kappa shape index (κ2) is 7.40. The predicted octanol–water partition coefficient (Wildman–Crippen LogP) is 1.82. The van der Waals surface area contributed by atoms with Gasteiger partial charge in [-0.1, -0.05) is 27.2 Å². The van der Waals surface area contributed by atoms with E-state index in [0.717, 1.165) is 45.2 Å². The Balaban J connectivity index is 2.15. The van der Waals surface area contributed by atoms with Crippen LogP contribution in [0.15, 0.2) is 0 Å². The molecule has 0 amide bonds. The summed E-state index contributed by atoms with van der Waals surface area (Å²) in [4.78, 5) is 0. The van der Waals surface area contributed by atoms with Gasteiger partial charge in [0.05, 0.1) is 0 Å². The fourth-order valence-electron chi connectivity index (χ4n) is 3.65. The largest absolute Gasteiger partial charge is 0.315 e. The number of likely N-dealkylation sites (N-methyl/N-ethyl adjacent to an activating group) is 1. The third-order valence-electron chi connectivity index (χ3n) is 4.81. The number of nitrogens with zero attached hydrogens (tertiary/aromatic N) is 2. The maximum Gasteiger partial charge on any atom is 0.282 e. The molecule has 2 rings (SSSR count). The summed E-state index contributed by atoms with van der Waals surface area (Å²) >= 11 is 0. The fourth-order valence-corrected chi connectivity index (χ4v) is 5.88. The van der Waals surface area contributed by atoms with Crippen LogP contribution in [-0.4, -0.2) is 55.3 Å². The third kappa shape index (κ3) is 3.78. The first-order chi connectivity index (χ1) is 9.98. The first kappa shape index (κ1) is 17.2. The van der Waals surface area contributed by atoms with Crippen molar-refractivity contribution in [2.75, 3.05) is 26.2 Å². The molecule has 21 heavy (non-hydrogen) atoms. The molecule has 0 aliphatic carbocycles. The molecule has 0 saturated carbocycles. The Kier molecular flexibility index (Phi) is 6.05. The van der Waals surface area contributed by atoms with Crippen LogP contribution >= 0.6 is 0 Å². The maximum absolute atomic E-state index is 13.1. The van der Waals surface area contributed by atoms with Crippen LogP contribution in [0.3, 0.4) is 0 Å². The van der Waals surface area contributed by atoms with Crippen LogP contribution in [0.4, 0.5) is 0 Å². The average molecular weight is 317 g/mol. The van der Waals surface area contributed by atoms with E-state index in [1.807, 2.05) is 0 Å². The molecule has 2 saturated heterocycles. The molecule has 0 bridgehead atoms. The second-order valence-corrected chi connectivity index (χ2v) is 8.47. The fraction of sp³-hybridized carbons (Fsp3) is 1.00. The number of nitrogens with one attached hydrogen (secondary N) is 1. The highest BCUT2D eigenvalue weighted by Crippen LogP contribution is 2.31. The van der Waals surface area contributed by atoms with Crippen molar-refractivity contribution in [3.05, 3.63) is 0 Å². The maximum atomic E-state index is 13.1. The first-order valence-electron chi connectivity index (χ1n) is 8.47. The summed E-state index contributed by atoms with van der Waals surface area (Å²) in [5.74, 6) is 0.388.